The third-order valence-corrected chi connectivity index (χ3v) is 4.60. The molecule has 0 aliphatic rings. The van der Waals surface area contributed by atoms with E-state index in [0.717, 1.165) is 18.2 Å². The van der Waals surface area contributed by atoms with Crippen LogP contribution in [0.1, 0.15) is 25.8 Å². The molecule has 0 radical (unpaired) electrons. The Morgan fingerprint density at radius 3 is 2.52 bits per heavy atom. The maximum Gasteiger partial charge on any atom is 0.243 e. The Kier molecular flexibility index (Phi) is 5.83. The van der Waals surface area contributed by atoms with E-state index in [1.807, 2.05) is 19.9 Å². The lowest BCUT2D eigenvalue weighted by molar-refractivity contribution is 0.373. The summed E-state index contributed by atoms with van der Waals surface area (Å²) in [6.45, 7) is 4.04. The summed E-state index contributed by atoms with van der Waals surface area (Å²) in [4.78, 5) is -0.140. The Morgan fingerprint density at radius 2 is 2.00 bits per heavy atom. The zero-order valence-corrected chi connectivity index (χ0v) is 12.7. The lowest BCUT2D eigenvalue weighted by atomic mass is 10.2. The summed E-state index contributed by atoms with van der Waals surface area (Å²) in [5, 5.41) is 17.4. The Bertz CT molecular complexity index is 687. The molecule has 0 aliphatic carbocycles. The summed E-state index contributed by atoms with van der Waals surface area (Å²) in [7, 11) is -3.85. The molecule has 0 bridgehead atoms. The monoisotopic (exact) mass is 309 g/mol. The van der Waals surface area contributed by atoms with Crippen LogP contribution in [0.2, 0.25) is 0 Å². The number of hydrogen-bond acceptors (Lipinski definition) is 4. The van der Waals surface area contributed by atoms with Gasteiger partial charge in [-0.2, -0.15) is 14.8 Å². The van der Waals surface area contributed by atoms with Crippen molar-refractivity contribution in [3.63, 3.8) is 0 Å². The minimum Gasteiger partial charge on any atom is -0.207 e. The molecule has 0 saturated carbocycles. The SMILES string of the molecule is CC(C)CN(CCC#N)S(=O)(=O)c1ccc(F)c(C#N)c1. The second kappa shape index (κ2) is 7.16. The van der Waals surface area contributed by atoms with E-state index in [1.165, 1.54) is 4.31 Å². The van der Waals surface area contributed by atoms with E-state index >= 15 is 0 Å². The summed E-state index contributed by atoms with van der Waals surface area (Å²) < 4.78 is 39.6. The number of rotatable bonds is 6. The molecule has 1 aromatic carbocycles. The van der Waals surface area contributed by atoms with Crippen molar-refractivity contribution >= 4 is 10.0 Å². The molecule has 1 aromatic rings. The molecule has 0 aliphatic heterocycles. The van der Waals surface area contributed by atoms with Crippen molar-refractivity contribution in [2.24, 2.45) is 5.92 Å². The van der Waals surface area contributed by atoms with E-state index in [4.69, 9.17) is 10.5 Å². The normalized spacial score (nSPS) is 11.4. The topological polar surface area (TPSA) is 85.0 Å². The highest BCUT2D eigenvalue weighted by atomic mass is 32.2. The number of nitrogens with zero attached hydrogens (tertiary/aromatic N) is 3. The van der Waals surface area contributed by atoms with Crippen LogP contribution in [0.4, 0.5) is 4.39 Å². The first-order valence-electron chi connectivity index (χ1n) is 6.39. The van der Waals surface area contributed by atoms with Crippen molar-refractivity contribution < 1.29 is 12.8 Å². The van der Waals surface area contributed by atoms with Crippen molar-refractivity contribution in [1.82, 2.24) is 4.31 Å². The van der Waals surface area contributed by atoms with Crippen LogP contribution in [-0.2, 0) is 10.0 Å². The van der Waals surface area contributed by atoms with Gasteiger partial charge in [0.15, 0.2) is 0 Å². The summed E-state index contributed by atoms with van der Waals surface area (Å²) >= 11 is 0. The van der Waals surface area contributed by atoms with E-state index in [9.17, 15) is 12.8 Å². The van der Waals surface area contributed by atoms with Crippen molar-refractivity contribution in [2.45, 2.75) is 25.2 Å². The van der Waals surface area contributed by atoms with Gasteiger partial charge in [-0.05, 0) is 24.1 Å². The maximum absolute atomic E-state index is 13.3. The summed E-state index contributed by atoms with van der Waals surface area (Å²) in [5.74, 6) is -0.682. The number of sulfonamides is 1. The van der Waals surface area contributed by atoms with Crippen LogP contribution in [-0.4, -0.2) is 25.8 Å². The summed E-state index contributed by atoms with van der Waals surface area (Å²) in [5.41, 5.74) is -0.319. The van der Waals surface area contributed by atoms with Crippen molar-refractivity contribution in [1.29, 1.82) is 10.5 Å². The largest absolute Gasteiger partial charge is 0.243 e. The standard InChI is InChI=1S/C14H16FN3O2S/c1-11(2)10-18(7-3-6-16)21(19,20)13-4-5-14(15)12(8-13)9-17/h4-5,8,11H,3,7,10H2,1-2H3. The average Bonchev–Trinajstić information content (AvgIpc) is 2.43. The number of halogens is 1. The van der Waals surface area contributed by atoms with Gasteiger partial charge in [0.2, 0.25) is 10.0 Å². The molecular formula is C14H16FN3O2S. The van der Waals surface area contributed by atoms with E-state index in [-0.39, 0.29) is 35.9 Å². The summed E-state index contributed by atoms with van der Waals surface area (Å²) in [6.07, 6.45) is 0.0677. The molecule has 0 amide bonds. The highest BCUT2D eigenvalue weighted by molar-refractivity contribution is 7.89. The smallest absolute Gasteiger partial charge is 0.207 e. The molecular weight excluding hydrogens is 293 g/mol. The van der Waals surface area contributed by atoms with Gasteiger partial charge >= 0.3 is 0 Å². The van der Waals surface area contributed by atoms with Gasteiger partial charge in [-0.1, -0.05) is 13.8 Å². The lowest BCUT2D eigenvalue weighted by Crippen LogP contribution is -2.35. The summed E-state index contributed by atoms with van der Waals surface area (Å²) in [6, 6.07) is 6.64. The van der Waals surface area contributed by atoms with Crippen molar-refractivity contribution in [3.8, 4) is 12.1 Å². The third-order valence-electron chi connectivity index (χ3n) is 2.74. The molecule has 0 aromatic heterocycles. The van der Waals surface area contributed by atoms with Gasteiger partial charge in [0, 0.05) is 19.5 Å². The van der Waals surface area contributed by atoms with Gasteiger partial charge in [-0.15, -0.1) is 0 Å². The van der Waals surface area contributed by atoms with Gasteiger partial charge in [-0.25, -0.2) is 12.8 Å². The lowest BCUT2D eigenvalue weighted by Gasteiger charge is -2.23. The van der Waals surface area contributed by atoms with Crippen molar-refractivity contribution in [2.75, 3.05) is 13.1 Å². The molecule has 0 N–H and O–H groups in total. The van der Waals surface area contributed by atoms with E-state index in [2.05, 4.69) is 0 Å². The third kappa shape index (κ3) is 4.25. The van der Waals surface area contributed by atoms with Crippen LogP contribution >= 0.6 is 0 Å². The maximum atomic E-state index is 13.3. The second-order valence-corrected chi connectivity index (χ2v) is 6.86. The van der Waals surface area contributed by atoms with Crippen LogP contribution in [0.15, 0.2) is 23.1 Å². The molecule has 0 atom stereocenters. The first-order valence-corrected chi connectivity index (χ1v) is 7.83. The van der Waals surface area contributed by atoms with E-state index in [0.29, 0.717) is 0 Å². The van der Waals surface area contributed by atoms with Gasteiger partial charge in [0.05, 0.1) is 16.5 Å². The van der Waals surface area contributed by atoms with Gasteiger partial charge in [0.25, 0.3) is 0 Å². The molecule has 5 nitrogen and oxygen atoms in total. The predicted molar refractivity (Wildman–Crippen MR) is 74.9 cm³/mol. The van der Waals surface area contributed by atoms with Gasteiger partial charge < -0.3 is 0 Å². The highest BCUT2D eigenvalue weighted by Crippen LogP contribution is 2.20. The Labute approximate surface area is 124 Å². The highest BCUT2D eigenvalue weighted by Gasteiger charge is 2.25. The Hall–Kier alpha value is -1.96. The minimum absolute atomic E-state index is 0.0658. The zero-order valence-electron chi connectivity index (χ0n) is 11.9. The molecule has 112 valence electrons. The molecule has 1 rings (SSSR count). The quantitative estimate of drug-likeness (QED) is 0.806. The molecule has 21 heavy (non-hydrogen) atoms. The fourth-order valence-electron chi connectivity index (χ4n) is 1.79. The fourth-order valence-corrected chi connectivity index (χ4v) is 3.42. The molecule has 0 spiro atoms. The Balaban J connectivity index is 3.22. The molecule has 0 unspecified atom stereocenters. The molecule has 0 fully saturated rings. The van der Waals surface area contributed by atoms with Crippen molar-refractivity contribution in [3.05, 3.63) is 29.6 Å². The van der Waals surface area contributed by atoms with Crippen LogP contribution in [0.5, 0.6) is 0 Å². The van der Waals surface area contributed by atoms with Gasteiger partial charge in [0.1, 0.15) is 11.9 Å². The second-order valence-electron chi connectivity index (χ2n) is 4.92. The zero-order chi connectivity index (χ0) is 16.0. The van der Waals surface area contributed by atoms with E-state index in [1.54, 1.807) is 6.07 Å². The average molecular weight is 309 g/mol. The minimum atomic E-state index is -3.85. The number of nitriles is 2. The fraction of sp³-hybridized carbons (Fsp3) is 0.429. The van der Waals surface area contributed by atoms with Crippen LogP contribution in [0.25, 0.3) is 0 Å². The first-order chi connectivity index (χ1) is 9.82. The number of benzene rings is 1. The Morgan fingerprint density at radius 1 is 1.33 bits per heavy atom. The molecule has 0 saturated heterocycles. The van der Waals surface area contributed by atoms with Gasteiger partial charge in [-0.3, -0.25) is 0 Å². The van der Waals surface area contributed by atoms with Crippen LogP contribution < -0.4 is 0 Å². The molecule has 0 heterocycles. The molecule has 7 heteroatoms. The van der Waals surface area contributed by atoms with E-state index < -0.39 is 15.8 Å². The first kappa shape index (κ1) is 17.1. The van der Waals surface area contributed by atoms with Crippen LogP contribution in [0, 0.1) is 34.4 Å². The number of hydrogen-bond donors (Lipinski definition) is 0. The predicted octanol–water partition coefficient (Wildman–Crippen LogP) is 2.26. The van der Waals surface area contributed by atoms with Crippen LogP contribution in [0.3, 0.4) is 0 Å².